The van der Waals surface area contributed by atoms with Gasteiger partial charge < -0.3 is 19.8 Å². The standard InChI is InChI=1S/C23H16FN3O4S/c24-15-3-5-16(6-4-15)27-22(29)17-7-2-14(10-18(17)26-23(27)32)21(28)25-11-13-1-8-19-20(9-13)31-12-30-19/h1-10H,11-12H2,(H,25,28)(H,26,32). The van der Waals surface area contributed by atoms with Crippen LogP contribution in [0.5, 0.6) is 11.5 Å². The van der Waals surface area contributed by atoms with Crippen molar-refractivity contribution in [2.24, 2.45) is 0 Å². The van der Waals surface area contributed by atoms with Gasteiger partial charge in [-0.15, -0.1) is 0 Å². The summed E-state index contributed by atoms with van der Waals surface area (Å²) in [4.78, 5) is 28.6. The van der Waals surface area contributed by atoms with Gasteiger partial charge in [0.1, 0.15) is 5.82 Å². The van der Waals surface area contributed by atoms with E-state index in [9.17, 15) is 14.0 Å². The lowest BCUT2D eigenvalue weighted by atomic mass is 10.1. The third-order valence-electron chi connectivity index (χ3n) is 5.13. The molecule has 0 saturated heterocycles. The van der Waals surface area contributed by atoms with Crippen LogP contribution in [0.25, 0.3) is 16.6 Å². The molecule has 160 valence electrons. The monoisotopic (exact) mass is 449 g/mol. The van der Waals surface area contributed by atoms with Gasteiger partial charge >= 0.3 is 0 Å². The highest BCUT2D eigenvalue weighted by Crippen LogP contribution is 2.32. The van der Waals surface area contributed by atoms with Crippen molar-refractivity contribution in [2.45, 2.75) is 6.54 Å². The zero-order valence-electron chi connectivity index (χ0n) is 16.6. The second kappa shape index (κ2) is 7.93. The van der Waals surface area contributed by atoms with E-state index in [-0.39, 0.29) is 23.0 Å². The number of aromatic amines is 1. The van der Waals surface area contributed by atoms with Crippen LogP contribution in [0.4, 0.5) is 4.39 Å². The van der Waals surface area contributed by atoms with E-state index in [1.807, 2.05) is 12.1 Å². The van der Waals surface area contributed by atoms with E-state index in [1.165, 1.54) is 28.8 Å². The van der Waals surface area contributed by atoms with E-state index in [0.717, 1.165) is 5.56 Å². The molecule has 2 N–H and O–H groups in total. The number of ether oxygens (including phenoxy) is 2. The van der Waals surface area contributed by atoms with Crippen molar-refractivity contribution in [3.05, 3.63) is 92.7 Å². The van der Waals surface area contributed by atoms with Crippen molar-refractivity contribution in [1.82, 2.24) is 14.9 Å². The first-order valence-corrected chi connectivity index (χ1v) is 10.1. The Morgan fingerprint density at radius 3 is 2.66 bits per heavy atom. The molecule has 0 unspecified atom stereocenters. The van der Waals surface area contributed by atoms with Crippen LogP contribution in [0.2, 0.25) is 0 Å². The summed E-state index contributed by atoms with van der Waals surface area (Å²) in [7, 11) is 0. The maximum absolute atomic E-state index is 13.2. The molecule has 0 bridgehead atoms. The molecule has 32 heavy (non-hydrogen) atoms. The fourth-order valence-electron chi connectivity index (χ4n) is 3.52. The molecule has 5 rings (SSSR count). The lowest BCUT2D eigenvalue weighted by molar-refractivity contribution is 0.0951. The first kappa shape index (κ1) is 20.0. The van der Waals surface area contributed by atoms with Gasteiger partial charge in [-0.3, -0.25) is 14.2 Å². The SMILES string of the molecule is O=C(NCc1ccc2c(c1)OCO2)c1ccc2c(=O)n(-c3ccc(F)cc3)c(=S)[nH]c2c1. The minimum absolute atomic E-state index is 0.145. The van der Waals surface area contributed by atoms with Crippen LogP contribution in [0, 0.1) is 10.6 Å². The normalized spacial score (nSPS) is 12.2. The summed E-state index contributed by atoms with van der Waals surface area (Å²) in [6, 6.07) is 15.7. The summed E-state index contributed by atoms with van der Waals surface area (Å²) in [5.41, 5.74) is 1.77. The topological polar surface area (TPSA) is 85.3 Å². The average molecular weight is 449 g/mol. The first-order valence-electron chi connectivity index (χ1n) is 9.71. The first-order chi connectivity index (χ1) is 15.5. The molecule has 1 aromatic heterocycles. The largest absolute Gasteiger partial charge is 0.454 e. The Labute approximate surface area is 186 Å². The molecule has 0 saturated carbocycles. The Morgan fingerprint density at radius 1 is 1.06 bits per heavy atom. The van der Waals surface area contributed by atoms with Gasteiger partial charge in [-0.05, 0) is 72.4 Å². The maximum atomic E-state index is 13.2. The second-order valence-electron chi connectivity index (χ2n) is 7.18. The smallest absolute Gasteiger partial charge is 0.266 e. The predicted molar refractivity (Wildman–Crippen MR) is 118 cm³/mol. The number of fused-ring (bicyclic) bond motifs is 2. The minimum atomic E-state index is -0.408. The predicted octanol–water partition coefficient (Wildman–Crippen LogP) is 3.85. The number of nitrogens with one attached hydrogen (secondary N) is 2. The van der Waals surface area contributed by atoms with Crippen LogP contribution in [0.3, 0.4) is 0 Å². The molecule has 1 amide bonds. The molecule has 0 fully saturated rings. The van der Waals surface area contributed by atoms with Crippen molar-refractivity contribution in [1.29, 1.82) is 0 Å². The van der Waals surface area contributed by atoms with Crippen LogP contribution in [-0.4, -0.2) is 22.3 Å². The van der Waals surface area contributed by atoms with Gasteiger partial charge in [-0.1, -0.05) is 6.07 Å². The molecular weight excluding hydrogens is 433 g/mol. The van der Waals surface area contributed by atoms with E-state index in [1.54, 1.807) is 24.3 Å². The Bertz CT molecular complexity index is 1480. The van der Waals surface area contributed by atoms with Crippen molar-refractivity contribution >= 4 is 29.0 Å². The molecule has 0 aliphatic carbocycles. The van der Waals surface area contributed by atoms with Gasteiger partial charge in [0, 0.05) is 12.1 Å². The number of hydrogen-bond donors (Lipinski definition) is 2. The van der Waals surface area contributed by atoms with E-state index in [0.29, 0.717) is 40.2 Å². The average Bonchev–Trinajstić information content (AvgIpc) is 3.26. The van der Waals surface area contributed by atoms with Crippen LogP contribution >= 0.6 is 12.2 Å². The lowest BCUT2D eigenvalue weighted by Crippen LogP contribution is -2.24. The molecule has 4 aromatic rings. The quantitative estimate of drug-likeness (QED) is 0.463. The maximum Gasteiger partial charge on any atom is 0.266 e. The molecule has 9 heteroatoms. The van der Waals surface area contributed by atoms with Gasteiger partial charge in [-0.25, -0.2) is 4.39 Å². The number of rotatable bonds is 4. The van der Waals surface area contributed by atoms with Crippen LogP contribution < -0.4 is 20.3 Å². The number of carbonyl (C=O) groups excluding carboxylic acids is 1. The van der Waals surface area contributed by atoms with E-state index >= 15 is 0 Å². The van der Waals surface area contributed by atoms with Gasteiger partial charge in [-0.2, -0.15) is 0 Å². The highest BCUT2D eigenvalue weighted by molar-refractivity contribution is 7.71. The van der Waals surface area contributed by atoms with Crippen LogP contribution in [-0.2, 0) is 6.54 Å². The summed E-state index contributed by atoms with van der Waals surface area (Å²) >= 11 is 5.34. The summed E-state index contributed by atoms with van der Waals surface area (Å²) < 4.78 is 25.3. The summed E-state index contributed by atoms with van der Waals surface area (Å²) in [6.45, 7) is 0.488. The summed E-state index contributed by atoms with van der Waals surface area (Å²) in [5.74, 6) is 0.615. The van der Waals surface area contributed by atoms with Crippen molar-refractivity contribution < 1.29 is 18.7 Å². The molecule has 1 aliphatic rings. The summed E-state index contributed by atoms with van der Waals surface area (Å²) in [5, 5.41) is 3.21. The Morgan fingerprint density at radius 2 is 1.84 bits per heavy atom. The highest BCUT2D eigenvalue weighted by atomic mass is 32.1. The van der Waals surface area contributed by atoms with Gasteiger partial charge in [0.2, 0.25) is 6.79 Å². The molecule has 0 atom stereocenters. The molecule has 0 radical (unpaired) electrons. The minimum Gasteiger partial charge on any atom is -0.454 e. The zero-order chi connectivity index (χ0) is 22.2. The molecule has 0 spiro atoms. The Hall–Kier alpha value is -3.98. The van der Waals surface area contributed by atoms with E-state index in [4.69, 9.17) is 21.7 Å². The highest BCUT2D eigenvalue weighted by Gasteiger charge is 2.15. The second-order valence-corrected chi connectivity index (χ2v) is 7.56. The Balaban J connectivity index is 1.41. The Kier molecular flexibility index (Phi) is 4.95. The number of benzene rings is 3. The van der Waals surface area contributed by atoms with E-state index < -0.39 is 5.82 Å². The fourth-order valence-corrected chi connectivity index (χ4v) is 3.82. The number of aromatic nitrogens is 2. The van der Waals surface area contributed by atoms with Gasteiger partial charge in [0.25, 0.3) is 11.5 Å². The third kappa shape index (κ3) is 3.63. The molecule has 2 heterocycles. The fraction of sp³-hybridized carbons (Fsp3) is 0.0870. The van der Waals surface area contributed by atoms with Crippen molar-refractivity contribution in [3.8, 4) is 17.2 Å². The van der Waals surface area contributed by atoms with Crippen LogP contribution in [0.1, 0.15) is 15.9 Å². The molecule has 1 aliphatic heterocycles. The lowest BCUT2D eigenvalue weighted by Gasteiger charge is -2.10. The number of H-pyrrole nitrogens is 1. The van der Waals surface area contributed by atoms with Crippen molar-refractivity contribution in [3.63, 3.8) is 0 Å². The van der Waals surface area contributed by atoms with Gasteiger partial charge in [0.15, 0.2) is 16.3 Å². The summed E-state index contributed by atoms with van der Waals surface area (Å²) in [6.07, 6.45) is 0. The third-order valence-corrected chi connectivity index (χ3v) is 5.42. The number of hydrogen-bond acceptors (Lipinski definition) is 5. The van der Waals surface area contributed by atoms with Crippen LogP contribution in [0.15, 0.2) is 65.5 Å². The number of nitrogens with zero attached hydrogens (tertiary/aromatic N) is 1. The molecular formula is C23H16FN3O4S. The van der Waals surface area contributed by atoms with Crippen molar-refractivity contribution in [2.75, 3.05) is 6.79 Å². The number of amides is 1. The molecule has 7 nitrogen and oxygen atoms in total. The number of halogens is 1. The van der Waals surface area contributed by atoms with Gasteiger partial charge in [0.05, 0.1) is 16.6 Å². The molecule has 3 aromatic carbocycles. The number of carbonyl (C=O) groups is 1. The zero-order valence-corrected chi connectivity index (χ0v) is 17.4. The van der Waals surface area contributed by atoms with E-state index in [2.05, 4.69) is 10.3 Å².